The average Bonchev–Trinajstić information content (AvgIpc) is 3.45. The number of nitrogens with one attached hydrogen (secondary N) is 1. The second-order valence-electron chi connectivity index (χ2n) is 7.76. The van der Waals surface area contributed by atoms with Gasteiger partial charge in [0.05, 0.1) is 27.7 Å². The fraction of sp³-hybridized carbons (Fsp3) is 0.500. The molecule has 9 heteroatoms. The molecule has 158 valence electrons. The Morgan fingerprint density at radius 1 is 1.07 bits per heavy atom. The Labute approximate surface area is 176 Å². The molecule has 2 aliphatic heterocycles. The van der Waals surface area contributed by atoms with Gasteiger partial charge in [-0.15, -0.1) is 11.3 Å². The SMILES string of the molecule is O=S1(=O)C[C@H](NCC(c2cccs2)N2CCCC2)[C@@H](S(=O)(=O)c2ccccc2)C1. The summed E-state index contributed by atoms with van der Waals surface area (Å²) >= 11 is 1.69. The monoisotopic (exact) mass is 454 g/mol. The quantitative estimate of drug-likeness (QED) is 0.690. The summed E-state index contributed by atoms with van der Waals surface area (Å²) in [6, 6.07) is 11.8. The molecule has 2 aromatic rings. The Bertz CT molecular complexity index is 1010. The van der Waals surface area contributed by atoms with Gasteiger partial charge in [-0.05, 0) is 49.5 Å². The van der Waals surface area contributed by atoms with E-state index in [1.165, 1.54) is 17.0 Å². The van der Waals surface area contributed by atoms with Crippen molar-refractivity contribution in [3.05, 3.63) is 52.7 Å². The highest BCUT2D eigenvalue weighted by molar-refractivity contribution is 7.96. The molecule has 3 heterocycles. The molecule has 0 saturated carbocycles. The lowest BCUT2D eigenvalue weighted by Gasteiger charge is -2.29. The fourth-order valence-corrected chi connectivity index (χ4v) is 9.90. The van der Waals surface area contributed by atoms with E-state index in [1.807, 2.05) is 11.4 Å². The minimum atomic E-state index is -3.73. The largest absolute Gasteiger partial charge is 0.310 e. The van der Waals surface area contributed by atoms with E-state index in [0.29, 0.717) is 6.54 Å². The first-order chi connectivity index (χ1) is 13.9. The molecule has 1 N–H and O–H groups in total. The van der Waals surface area contributed by atoms with Gasteiger partial charge in [0.15, 0.2) is 19.7 Å². The molecule has 0 spiro atoms. The first-order valence-corrected chi connectivity index (χ1v) is 14.1. The average molecular weight is 455 g/mol. The zero-order chi connectivity index (χ0) is 20.5. The van der Waals surface area contributed by atoms with Crippen molar-refractivity contribution in [2.45, 2.75) is 35.1 Å². The number of nitrogens with zero attached hydrogens (tertiary/aromatic N) is 1. The lowest BCUT2D eigenvalue weighted by atomic mass is 10.2. The van der Waals surface area contributed by atoms with Crippen molar-refractivity contribution in [3.8, 4) is 0 Å². The highest BCUT2D eigenvalue weighted by Gasteiger charge is 2.46. The van der Waals surface area contributed by atoms with E-state index in [2.05, 4.69) is 16.3 Å². The van der Waals surface area contributed by atoms with Gasteiger partial charge in [-0.1, -0.05) is 24.3 Å². The van der Waals surface area contributed by atoms with Crippen molar-refractivity contribution in [2.75, 3.05) is 31.1 Å². The van der Waals surface area contributed by atoms with Crippen LogP contribution in [-0.2, 0) is 19.7 Å². The molecule has 6 nitrogen and oxygen atoms in total. The lowest BCUT2D eigenvalue weighted by molar-refractivity contribution is 0.237. The van der Waals surface area contributed by atoms with E-state index < -0.39 is 31.0 Å². The molecule has 4 rings (SSSR count). The van der Waals surface area contributed by atoms with Crippen LogP contribution in [0.2, 0.25) is 0 Å². The van der Waals surface area contributed by atoms with Crippen LogP contribution in [-0.4, -0.2) is 64.2 Å². The van der Waals surface area contributed by atoms with Gasteiger partial charge < -0.3 is 5.32 Å². The molecule has 0 aliphatic carbocycles. The van der Waals surface area contributed by atoms with Crippen LogP contribution in [0.1, 0.15) is 23.8 Å². The molecule has 0 amide bonds. The summed E-state index contributed by atoms with van der Waals surface area (Å²) in [4.78, 5) is 3.81. The number of likely N-dealkylation sites (tertiary alicyclic amines) is 1. The summed E-state index contributed by atoms with van der Waals surface area (Å²) in [7, 11) is -7.14. The van der Waals surface area contributed by atoms with Crippen molar-refractivity contribution in [1.82, 2.24) is 10.2 Å². The zero-order valence-electron chi connectivity index (χ0n) is 16.1. The van der Waals surface area contributed by atoms with E-state index in [0.717, 1.165) is 25.9 Å². The van der Waals surface area contributed by atoms with Crippen molar-refractivity contribution in [3.63, 3.8) is 0 Å². The van der Waals surface area contributed by atoms with Crippen LogP contribution in [0.4, 0.5) is 0 Å². The summed E-state index contributed by atoms with van der Waals surface area (Å²) < 4.78 is 51.0. The maximum absolute atomic E-state index is 13.1. The number of hydrogen-bond donors (Lipinski definition) is 1. The minimum Gasteiger partial charge on any atom is -0.310 e. The summed E-state index contributed by atoms with van der Waals surface area (Å²) in [6.45, 7) is 2.57. The standard InChI is InChI=1S/C20H26N2O4S3/c23-28(24)14-17(20(15-28)29(25,26)16-7-2-1-3-8-16)21-13-18(19-9-6-12-27-19)22-10-4-5-11-22/h1-3,6-9,12,17-18,20-21H,4-5,10-11,13-15H2/t17-,18?,20-/m0/s1. The Morgan fingerprint density at radius 2 is 1.79 bits per heavy atom. The molecule has 1 unspecified atom stereocenters. The normalized spacial score (nSPS) is 25.9. The molecular formula is C20H26N2O4S3. The van der Waals surface area contributed by atoms with Crippen LogP contribution >= 0.6 is 11.3 Å². The smallest absolute Gasteiger partial charge is 0.183 e. The van der Waals surface area contributed by atoms with E-state index in [4.69, 9.17) is 0 Å². The van der Waals surface area contributed by atoms with E-state index >= 15 is 0 Å². The van der Waals surface area contributed by atoms with E-state index in [9.17, 15) is 16.8 Å². The van der Waals surface area contributed by atoms with Gasteiger partial charge in [-0.3, -0.25) is 4.90 Å². The number of thiophene rings is 1. The fourth-order valence-electron chi connectivity index (χ4n) is 4.30. The van der Waals surface area contributed by atoms with Gasteiger partial charge in [0.2, 0.25) is 0 Å². The highest BCUT2D eigenvalue weighted by Crippen LogP contribution is 2.30. The van der Waals surface area contributed by atoms with Crippen LogP contribution in [0, 0.1) is 0 Å². The topological polar surface area (TPSA) is 83.6 Å². The molecule has 1 aromatic heterocycles. The first kappa shape index (κ1) is 21.0. The van der Waals surface area contributed by atoms with Crippen molar-refractivity contribution in [2.24, 2.45) is 0 Å². The van der Waals surface area contributed by atoms with Crippen LogP contribution in [0.15, 0.2) is 52.7 Å². The molecular weight excluding hydrogens is 428 g/mol. The predicted octanol–water partition coefficient (Wildman–Crippen LogP) is 2.11. The minimum absolute atomic E-state index is 0.138. The summed E-state index contributed by atoms with van der Waals surface area (Å²) in [5.41, 5.74) is 0. The first-order valence-electron chi connectivity index (χ1n) is 9.87. The van der Waals surface area contributed by atoms with Crippen molar-refractivity contribution in [1.29, 1.82) is 0 Å². The zero-order valence-corrected chi connectivity index (χ0v) is 18.6. The number of benzene rings is 1. The van der Waals surface area contributed by atoms with Gasteiger partial charge in [0.1, 0.15) is 0 Å². The Kier molecular flexibility index (Phi) is 6.13. The van der Waals surface area contributed by atoms with Crippen LogP contribution in [0.5, 0.6) is 0 Å². The molecule has 2 fully saturated rings. The second kappa shape index (κ2) is 8.47. The number of hydrogen-bond acceptors (Lipinski definition) is 7. The van der Waals surface area contributed by atoms with E-state index in [1.54, 1.807) is 29.5 Å². The highest BCUT2D eigenvalue weighted by atomic mass is 32.2. The third-order valence-electron chi connectivity index (χ3n) is 5.80. The maximum Gasteiger partial charge on any atom is 0.183 e. The van der Waals surface area contributed by atoms with Gasteiger partial charge in [0, 0.05) is 17.5 Å². The maximum atomic E-state index is 13.1. The van der Waals surface area contributed by atoms with Gasteiger partial charge in [-0.2, -0.15) is 0 Å². The van der Waals surface area contributed by atoms with Gasteiger partial charge in [-0.25, -0.2) is 16.8 Å². The molecule has 0 radical (unpaired) electrons. The van der Waals surface area contributed by atoms with Crippen LogP contribution < -0.4 is 5.32 Å². The molecule has 2 saturated heterocycles. The molecule has 1 aromatic carbocycles. The molecule has 2 aliphatic rings. The number of rotatable bonds is 7. The Balaban J connectivity index is 1.55. The van der Waals surface area contributed by atoms with Crippen molar-refractivity contribution >= 4 is 31.0 Å². The Morgan fingerprint density at radius 3 is 2.45 bits per heavy atom. The molecule has 29 heavy (non-hydrogen) atoms. The summed E-state index contributed by atoms with van der Waals surface area (Å²) in [5.74, 6) is -0.462. The Hall–Kier alpha value is -1.26. The third kappa shape index (κ3) is 4.59. The van der Waals surface area contributed by atoms with Gasteiger partial charge >= 0.3 is 0 Å². The third-order valence-corrected chi connectivity index (χ3v) is 10.9. The molecule has 0 bridgehead atoms. The molecule has 3 atom stereocenters. The van der Waals surface area contributed by atoms with E-state index in [-0.39, 0.29) is 22.4 Å². The van der Waals surface area contributed by atoms with Crippen molar-refractivity contribution < 1.29 is 16.8 Å². The number of sulfone groups is 2. The summed E-state index contributed by atoms with van der Waals surface area (Å²) in [6.07, 6.45) is 2.31. The van der Waals surface area contributed by atoms with Crippen LogP contribution in [0.25, 0.3) is 0 Å². The second-order valence-corrected chi connectivity index (χ2v) is 13.1. The lowest BCUT2D eigenvalue weighted by Crippen LogP contribution is -2.46. The predicted molar refractivity (Wildman–Crippen MR) is 116 cm³/mol. The summed E-state index contributed by atoms with van der Waals surface area (Å²) in [5, 5.41) is 4.42. The van der Waals surface area contributed by atoms with Crippen LogP contribution in [0.3, 0.4) is 0 Å². The van der Waals surface area contributed by atoms with Gasteiger partial charge in [0.25, 0.3) is 0 Å².